The standard InChI is InChI=1S/C19H26N2O2/c1-4-14-5-9-17(10-6-14)21-12-16(11-18(21)22)19(23)20(3)13(2)15-7-8-15/h5-6,9-10,13,15-16H,4,7-8,11-12H2,1-3H3. The average Bonchev–Trinajstić information content (AvgIpc) is 3.35. The molecule has 1 saturated heterocycles. The second kappa shape index (κ2) is 6.34. The fourth-order valence-corrected chi connectivity index (χ4v) is 3.42. The molecule has 1 saturated carbocycles. The molecule has 2 amide bonds. The van der Waals surface area contributed by atoms with Crippen LogP contribution >= 0.6 is 0 Å². The first-order valence-electron chi connectivity index (χ1n) is 8.67. The van der Waals surface area contributed by atoms with Crippen LogP contribution in [0.3, 0.4) is 0 Å². The van der Waals surface area contributed by atoms with Crippen molar-refractivity contribution < 1.29 is 9.59 Å². The molecule has 0 aromatic heterocycles. The van der Waals surface area contributed by atoms with Crippen LogP contribution < -0.4 is 4.90 Å². The van der Waals surface area contributed by atoms with Gasteiger partial charge in [0.05, 0.1) is 5.92 Å². The summed E-state index contributed by atoms with van der Waals surface area (Å²) in [7, 11) is 1.88. The van der Waals surface area contributed by atoms with Crippen LogP contribution in [0.4, 0.5) is 5.69 Å². The first-order valence-corrected chi connectivity index (χ1v) is 8.67. The number of aryl methyl sites for hydroxylation is 1. The summed E-state index contributed by atoms with van der Waals surface area (Å²) in [5.41, 5.74) is 2.16. The lowest BCUT2D eigenvalue weighted by Gasteiger charge is -2.27. The van der Waals surface area contributed by atoms with E-state index in [1.807, 2.05) is 24.1 Å². The third-order valence-electron chi connectivity index (χ3n) is 5.39. The summed E-state index contributed by atoms with van der Waals surface area (Å²) >= 11 is 0. The molecule has 1 aliphatic heterocycles. The van der Waals surface area contributed by atoms with Gasteiger partial charge in [0.1, 0.15) is 0 Å². The van der Waals surface area contributed by atoms with E-state index in [2.05, 4.69) is 26.0 Å². The molecule has 1 heterocycles. The Balaban J connectivity index is 1.67. The van der Waals surface area contributed by atoms with Crippen molar-refractivity contribution in [1.82, 2.24) is 4.90 Å². The first kappa shape index (κ1) is 16.0. The van der Waals surface area contributed by atoms with Gasteiger partial charge in [-0.25, -0.2) is 0 Å². The molecule has 124 valence electrons. The Kier molecular flexibility index (Phi) is 4.42. The summed E-state index contributed by atoms with van der Waals surface area (Å²) in [6.07, 6.45) is 3.76. The minimum absolute atomic E-state index is 0.0556. The van der Waals surface area contributed by atoms with Gasteiger partial charge in [-0.2, -0.15) is 0 Å². The van der Waals surface area contributed by atoms with Gasteiger partial charge in [0.25, 0.3) is 0 Å². The molecule has 1 aromatic carbocycles. The molecule has 0 bridgehead atoms. The van der Waals surface area contributed by atoms with E-state index in [1.165, 1.54) is 18.4 Å². The molecule has 0 spiro atoms. The zero-order valence-electron chi connectivity index (χ0n) is 14.3. The van der Waals surface area contributed by atoms with Crippen LogP contribution in [0.2, 0.25) is 0 Å². The summed E-state index contributed by atoms with van der Waals surface area (Å²) in [6, 6.07) is 8.37. The first-order chi connectivity index (χ1) is 11.0. The normalized spacial score (nSPS) is 22.3. The number of nitrogens with zero attached hydrogens (tertiary/aromatic N) is 2. The highest BCUT2D eigenvalue weighted by atomic mass is 16.2. The van der Waals surface area contributed by atoms with E-state index in [-0.39, 0.29) is 23.8 Å². The van der Waals surface area contributed by atoms with Gasteiger partial charge >= 0.3 is 0 Å². The van der Waals surface area contributed by atoms with E-state index in [9.17, 15) is 9.59 Å². The lowest BCUT2D eigenvalue weighted by molar-refractivity contribution is -0.136. The largest absolute Gasteiger partial charge is 0.342 e. The zero-order chi connectivity index (χ0) is 16.6. The van der Waals surface area contributed by atoms with Crippen LogP contribution in [0.25, 0.3) is 0 Å². The Morgan fingerprint density at radius 2 is 1.96 bits per heavy atom. The summed E-state index contributed by atoms with van der Waals surface area (Å²) in [5, 5.41) is 0. The van der Waals surface area contributed by atoms with Crippen molar-refractivity contribution in [2.45, 2.75) is 45.6 Å². The van der Waals surface area contributed by atoms with Gasteiger partial charge in [0, 0.05) is 31.7 Å². The molecule has 2 aliphatic rings. The number of anilines is 1. The highest BCUT2D eigenvalue weighted by molar-refractivity contribution is 6.00. The van der Waals surface area contributed by atoms with E-state index in [0.29, 0.717) is 18.9 Å². The maximum Gasteiger partial charge on any atom is 0.228 e. The molecular formula is C19H26N2O2. The molecule has 1 aliphatic carbocycles. The summed E-state index contributed by atoms with van der Waals surface area (Å²) in [5.74, 6) is 0.615. The second-order valence-corrected chi connectivity index (χ2v) is 6.95. The van der Waals surface area contributed by atoms with E-state index in [1.54, 1.807) is 4.90 Å². The zero-order valence-corrected chi connectivity index (χ0v) is 14.3. The van der Waals surface area contributed by atoms with Gasteiger partial charge in [0.2, 0.25) is 11.8 Å². The molecule has 23 heavy (non-hydrogen) atoms. The Hall–Kier alpha value is -1.84. The highest BCUT2D eigenvalue weighted by Crippen LogP contribution is 2.36. The Morgan fingerprint density at radius 3 is 2.52 bits per heavy atom. The van der Waals surface area contributed by atoms with Crippen molar-refractivity contribution >= 4 is 17.5 Å². The Morgan fingerprint density at radius 1 is 1.30 bits per heavy atom. The predicted molar refractivity (Wildman–Crippen MR) is 91.2 cm³/mol. The Bertz CT molecular complexity index is 592. The number of hydrogen-bond acceptors (Lipinski definition) is 2. The van der Waals surface area contributed by atoms with Crippen LogP contribution in [0.5, 0.6) is 0 Å². The van der Waals surface area contributed by atoms with E-state index < -0.39 is 0 Å². The molecule has 1 aromatic rings. The molecule has 2 atom stereocenters. The minimum Gasteiger partial charge on any atom is -0.342 e. The molecule has 2 unspecified atom stereocenters. The maximum atomic E-state index is 12.7. The van der Waals surface area contributed by atoms with E-state index in [0.717, 1.165) is 12.1 Å². The molecule has 0 radical (unpaired) electrons. The van der Waals surface area contributed by atoms with Crippen molar-refractivity contribution in [3.05, 3.63) is 29.8 Å². The fourth-order valence-electron chi connectivity index (χ4n) is 3.42. The maximum absolute atomic E-state index is 12.7. The highest BCUT2D eigenvalue weighted by Gasteiger charge is 2.39. The van der Waals surface area contributed by atoms with Gasteiger partial charge in [-0.05, 0) is 49.8 Å². The predicted octanol–water partition coefficient (Wildman–Crippen LogP) is 2.86. The molecule has 2 fully saturated rings. The van der Waals surface area contributed by atoms with Gasteiger partial charge < -0.3 is 9.80 Å². The number of hydrogen-bond donors (Lipinski definition) is 0. The van der Waals surface area contributed by atoms with Crippen LogP contribution in [0, 0.1) is 11.8 Å². The van der Waals surface area contributed by atoms with Crippen molar-refractivity contribution in [2.75, 3.05) is 18.5 Å². The lowest BCUT2D eigenvalue weighted by atomic mass is 10.1. The lowest BCUT2D eigenvalue weighted by Crippen LogP contribution is -2.41. The number of rotatable bonds is 5. The van der Waals surface area contributed by atoms with Crippen LogP contribution in [0.15, 0.2) is 24.3 Å². The van der Waals surface area contributed by atoms with Crippen LogP contribution in [-0.4, -0.2) is 36.3 Å². The topological polar surface area (TPSA) is 40.6 Å². The number of carbonyl (C=O) groups excluding carboxylic acids is 2. The van der Waals surface area contributed by atoms with Crippen molar-refractivity contribution in [2.24, 2.45) is 11.8 Å². The van der Waals surface area contributed by atoms with Gasteiger partial charge in [-0.15, -0.1) is 0 Å². The van der Waals surface area contributed by atoms with E-state index >= 15 is 0 Å². The third-order valence-corrected chi connectivity index (χ3v) is 5.39. The van der Waals surface area contributed by atoms with E-state index in [4.69, 9.17) is 0 Å². The van der Waals surface area contributed by atoms with Crippen molar-refractivity contribution in [3.63, 3.8) is 0 Å². The number of amides is 2. The Labute approximate surface area is 138 Å². The minimum atomic E-state index is -0.209. The summed E-state index contributed by atoms with van der Waals surface area (Å²) in [6.45, 7) is 4.74. The summed E-state index contributed by atoms with van der Waals surface area (Å²) < 4.78 is 0. The molecular weight excluding hydrogens is 288 g/mol. The summed E-state index contributed by atoms with van der Waals surface area (Å²) in [4.78, 5) is 28.6. The number of benzene rings is 1. The van der Waals surface area contributed by atoms with Crippen LogP contribution in [0.1, 0.15) is 38.7 Å². The second-order valence-electron chi connectivity index (χ2n) is 6.95. The average molecular weight is 314 g/mol. The van der Waals surface area contributed by atoms with Gasteiger partial charge in [-0.1, -0.05) is 19.1 Å². The monoisotopic (exact) mass is 314 g/mol. The molecule has 4 nitrogen and oxygen atoms in total. The van der Waals surface area contributed by atoms with Crippen molar-refractivity contribution in [3.8, 4) is 0 Å². The van der Waals surface area contributed by atoms with Gasteiger partial charge in [0.15, 0.2) is 0 Å². The molecule has 0 N–H and O–H groups in total. The quantitative estimate of drug-likeness (QED) is 0.838. The molecule has 3 rings (SSSR count). The van der Waals surface area contributed by atoms with Gasteiger partial charge in [-0.3, -0.25) is 9.59 Å². The fraction of sp³-hybridized carbons (Fsp3) is 0.579. The SMILES string of the molecule is CCc1ccc(N2CC(C(=O)N(C)C(C)C3CC3)CC2=O)cc1. The third kappa shape index (κ3) is 3.26. The molecule has 4 heteroatoms. The van der Waals surface area contributed by atoms with Crippen molar-refractivity contribution in [1.29, 1.82) is 0 Å². The smallest absolute Gasteiger partial charge is 0.228 e. The van der Waals surface area contributed by atoms with Crippen LogP contribution in [-0.2, 0) is 16.0 Å². The number of carbonyl (C=O) groups is 2.